The lowest BCUT2D eigenvalue weighted by Gasteiger charge is -2.13. The van der Waals surface area contributed by atoms with E-state index in [0.29, 0.717) is 4.88 Å². The Morgan fingerprint density at radius 1 is 1.20 bits per heavy atom. The van der Waals surface area contributed by atoms with Crippen LogP contribution in [0.2, 0.25) is 5.02 Å². The van der Waals surface area contributed by atoms with Gasteiger partial charge in [-0.2, -0.15) is 0 Å². The van der Waals surface area contributed by atoms with Gasteiger partial charge in [-0.3, -0.25) is 4.79 Å². The van der Waals surface area contributed by atoms with E-state index in [4.69, 9.17) is 16.3 Å². The molecule has 128 valence electrons. The van der Waals surface area contributed by atoms with Gasteiger partial charge in [0.05, 0.1) is 10.7 Å². The maximum atomic E-state index is 13.0. The van der Waals surface area contributed by atoms with Gasteiger partial charge in [-0.15, -0.1) is 11.3 Å². The van der Waals surface area contributed by atoms with Crippen LogP contribution in [0.25, 0.3) is 10.1 Å². The molecule has 1 atom stereocenters. The van der Waals surface area contributed by atoms with Crippen LogP contribution in [0.5, 0.6) is 0 Å². The number of rotatable bonds is 4. The summed E-state index contributed by atoms with van der Waals surface area (Å²) in [6, 6.07) is 12.9. The average molecular weight is 378 g/mol. The number of carbonyl (C=O) groups excluding carboxylic acids is 2. The van der Waals surface area contributed by atoms with E-state index in [0.717, 1.165) is 16.2 Å². The van der Waals surface area contributed by atoms with Gasteiger partial charge in [0.1, 0.15) is 10.7 Å². The summed E-state index contributed by atoms with van der Waals surface area (Å²) in [7, 11) is 0. The fraction of sp³-hybridized carbons (Fsp3) is 0.111. The van der Waals surface area contributed by atoms with Crippen molar-refractivity contribution >= 4 is 50.6 Å². The van der Waals surface area contributed by atoms with Crippen molar-refractivity contribution in [3.8, 4) is 0 Å². The number of hydrogen-bond donors (Lipinski definition) is 1. The predicted octanol–water partition coefficient (Wildman–Crippen LogP) is 4.88. The van der Waals surface area contributed by atoms with E-state index in [9.17, 15) is 14.0 Å². The number of amides is 1. The normalized spacial score (nSPS) is 12.0. The molecule has 0 spiro atoms. The highest BCUT2D eigenvalue weighted by Gasteiger charge is 2.21. The highest BCUT2D eigenvalue weighted by Crippen LogP contribution is 2.26. The Morgan fingerprint density at radius 2 is 1.96 bits per heavy atom. The summed E-state index contributed by atoms with van der Waals surface area (Å²) >= 11 is 7.16. The monoisotopic (exact) mass is 377 g/mol. The highest BCUT2D eigenvalue weighted by molar-refractivity contribution is 7.20. The van der Waals surface area contributed by atoms with Crippen molar-refractivity contribution in [3.05, 3.63) is 64.2 Å². The van der Waals surface area contributed by atoms with E-state index in [1.54, 1.807) is 6.07 Å². The minimum absolute atomic E-state index is 0.0661. The molecule has 0 radical (unpaired) electrons. The van der Waals surface area contributed by atoms with Gasteiger partial charge < -0.3 is 10.1 Å². The molecular formula is C18H13ClFNO3S. The molecule has 1 amide bonds. The van der Waals surface area contributed by atoms with Gasteiger partial charge in [-0.1, -0.05) is 29.8 Å². The van der Waals surface area contributed by atoms with Crippen molar-refractivity contribution in [2.75, 3.05) is 5.32 Å². The molecular weight excluding hydrogens is 365 g/mol. The Bertz CT molecular complexity index is 923. The first kappa shape index (κ1) is 17.4. The summed E-state index contributed by atoms with van der Waals surface area (Å²) in [4.78, 5) is 24.8. The molecule has 3 rings (SSSR count). The van der Waals surface area contributed by atoms with Crippen molar-refractivity contribution in [2.24, 2.45) is 0 Å². The maximum absolute atomic E-state index is 13.0. The number of hydrogen-bond acceptors (Lipinski definition) is 4. The molecule has 1 N–H and O–H groups in total. The van der Waals surface area contributed by atoms with Gasteiger partial charge in [0.25, 0.3) is 5.91 Å². The van der Waals surface area contributed by atoms with Crippen LogP contribution in [0.15, 0.2) is 48.5 Å². The molecule has 0 aliphatic heterocycles. The van der Waals surface area contributed by atoms with Crippen molar-refractivity contribution in [1.82, 2.24) is 0 Å². The third kappa shape index (κ3) is 3.97. The molecule has 1 heterocycles. The third-order valence-corrected chi connectivity index (χ3v) is 4.88. The first-order valence-electron chi connectivity index (χ1n) is 7.39. The molecule has 3 aromatic rings. The van der Waals surface area contributed by atoms with E-state index in [-0.39, 0.29) is 10.7 Å². The van der Waals surface area contributed by atoms with Crippen LogP contribution in [-0.4, -0.2) is 18.0 Å². The molecule has 0 bridgehead atoms. The summed E-state index contributed by atoms with van der Waals surface area (Å²) in [5, 5.41) is 3.51. The molecule has 0 saturated heterocycles. The zero-order chi connectivity index (χ0) is 18.0. The minimum atomic E-state index is -1.03. The number of thiophene rings is 1. The molecule has 0 saturated carbocycles. The van der Waals surface area contributed by atoms with Crippen LogP contribution in [0.4, 0.5) is 10.1 Å². The number of carbonyl (C=O) groups is 2. The number of nitrogens with one attached hydrogen (secondary N) is 1. The molecule has 2 aromatic carbocycles. The molecule has 7 heteroatoms. The lowest BCUT2D eigenvalue weighted by molar-refractivity contribution is -0.123. The third-order valence-electron chi connectivity index (χ3n) is 3.47. The summed E-state index contributed by atoms with van der Waals surface area (Å²) in [5.74, 6) is -1.63. The molecule has 0 aliphatic rings. The Labute approximate surface area is 152 Å². The van der Waals surface area contributed by atoms with E-state index >= 15 is 0 Å². The molecule has 0 fully saturated rings. The standard InChI is InChI=1S/C18H13ClFNO3S/c1-10(17(22)21-14-7-6-12(20)9-13(14)19)24-18(23)16-8-11-4-2-3-5-15(11)25-16/h2-10H,1H3,(H,21,22)/t10-/m0/s1. The molecule has 4 nitrogen and oxygen atoms in total. The lowest BCUT2D eigenvalue weighted by Crippen LogP contribution is -2.29. The van der Waals surface area contributed by atoms with E-state index in [1.807, 2.05) is 24.3 Å². The number of halogens is 2. The van der Waals surface area contributed by atoms with E-state index in [1.165, 1.54) is 30.4 Å². The second-order valence-corrected chi connectivity index (χ2v) is 6.80. The van der Waals surface area contributed by atoms with Gasteiger partial charge in [0.15, 0.2) is 6.10 Å². The number of ether oxygens (including phenoxy) is 1. The quantitative estimate of drug-likeness (QED) is 0.659. The van der Waals surface area contributed by atoms with Crippen molar-refractivity contribution in [3.63, 3.8) is 0 Å². The number of esters is 1. The van der Waals surface area contributed by atoms with Gasteiger partial charge >= 0.3 is 5.97 Å². The average Bonchev–Trinajstić information content (AvgIpc) is 3.01. The first-order chi connectivity index (χ1) is 11.9. The van der Waals surface area contributed by atoms with Crippen LogP contribution in [0.1, 0.15) is 16.6 Å². The van der Waals surface area contributed by atoms with Crippen LogP contribution in [0, 0.1) is 5.82 Å². The number of benzene rings is 2. The van der Waals surface area contributed by atoms with Crippen molar-refractivity contribution in [2.45, 2.75) is 13.0 Å². The Morgan fingerprint density at radius 3 is 2.68 bits per heavy atom. The Hall–Kier alpha value is -2.44. The van der Waals surface area contributed by atoms with Crippen molar-refractivity contribution < 1.29 is 18.7 Å². The van der Waals surface area contributed by atoms with Gasteiger partial charge in [0, 0.05) is 4.70 Å². The van der Waals surface area contributed by atoms with Crippen LogP contribution < -0.4 is 5.32 Å². The van der Waals surface area contributed by atoms with Gasteiger partial charge in [-0.05, 0) is 42.6 Å². The predicted molar refractivity (Wildman–Crippen MR) is 96.7 cm³/mol. The van der Waals surface area contributed by atoms with E-state index in [2.05, 4.69) is 5.32 Å². The van der Waals surface area contributed by atoms with Gasteiger partial charge in [0.2, 0.25) is 0 Å². The highest BCUT2D eigenvalue weighted by atomic mass is 35.5. The second kappa shape index (κ2) is 7.21. The zero-order valence-electron chi connectivity index (χ0n) is 13.1. The van der Waals surface area contributed by atoms with Crippen LogP contribution in [-0.2, 0) is 9.53 Å². The summed E-state index contributed by atoms with van der Waals surface area (Å²) < 4.78 is 19.2. The summed E-state index contributed by atoms with van der Waals surface area (Å²) in [5.41, 5.74) is 0.248. The molecule has 25 heavy (non-hydrogen) atoms. The smallest absolute Gasteiger partial charge is 0.349 e. The second-order valence-electron chi connectivity index (χ2n) is 5.31. The van der Waals surface area contributed by atoms with Gasteiger partial charge in [-0.25, -0.2) is 9.18 Å². The number of anilines is 1. The maximum Gasteiger partial charge on any atom is 0.349 e. The summed E-state index contributed by atoms with van der Waals surface area (Å²) in [6.07, 6.45) is -1.03. The Kier molecular flexibility index (Phi) is 5.01. The van der Waals surface area contributed by atoms with Crippen molar-refractivity contribution in [1.29, 1.82) is 0 Å². The molecule has 0 aliphatic carbocycles. The van der Waals surface area contributed by atoms with Crippen LogP contribution >= 0.6 is 22.9 Å². The number of fused-ring (bicyclic) bond motifs is 1. The SMILES string of the molecule is C[C@H](OC(=O)c1cc2ccccc2s1)C(=O)Nc1ccc(F)cc1Cl. The topological polar surface area (TPSA) is 55.4 Å². The summed E-state index contributed by atoms with van der Waals surface area (Å²) in [6.45, 7) is 1.46. The fourth-order valence-corrected chi connectivity index (χ4v) is 3.34. The molecule has 0 unspecified atom stereocenters. The minimum Gasteiger partial charge on any atom is -0.448 e. The fourth-order valence-electron chi connectivity index (χ4n) is 2.18. The first-order valence-corrected chi connectivity index (χ1v) is 8.59. The Balaban J connectivity index is 1.67. The lowest BCUT2D eigenvalue weighted by atomic mass is 10.2. The molecule has 1 aromatic heterocycles. The van der Waals surface area contributed by atoms with E-state index < -0.39 is 23.8 Å². The van der Waals surface area contributed by atoms with Crippen LogP contribution in [0.3, 0.4) is 0 Å². The zero-order valence-corrected chi connectivity index (χ0v) is 14.7. The largest absolute Gasteiger partial charge is 0.448 e.